The van der Waals surface area contributed by atoms with Gasteiger partial charge in [-0.25, -0.2) is 9.78 Å². The molecule has 0 radical (unpaired) electrons. The lowest BCUT2D eigenvalue weighted by Gasteiger charge is -2.12. The molecule has 0 saturated carbocycles. The van der Waals surface area contributed by atoms with Gasteiger partial charge in [0, 0.05) is 10.4 Å². The summed E-state index contributed by atoms with van der Waals surface area (Å²) in [5.74, 6) is -1.55. The largest absolute Gasteiger partial charge is 0.478 e. The van der Waals surface area contributed by atoms with Crippen molar-refractivity contribution in [1.82, 2.24) is 9.97 Å². The van der Waals surface area contributed by atoms with Gasteiger partial charge in [-0.05, 0) is 25.1 Å². The van der Waals surface area contributed by atoms with Crippen molar-refractivity contribution in [2.45, 2.75) is 17.3 Å². The minimum absolute atomic E-state index is 0.0275. The van der Waals surface area contributed by atoms with Crippen molar-refractivity contribution >= 4 is 74.1 Å². The average Bonchev–Trinajstić information content (AvgIpc) is 3.02. The minimum atomic E-state index is -1.19. The Balaban J connectivity index is 1.80. The van der Waals surface area contributed by atoms with Gasteiger partial charge < -0.3 is 15.4 Å². The fourth-order valence-corrected chi connectivity index (χ4v) is 4.29. The SMILES string of the molecule is CC(Sc1nc2scc(C(=O)O)c2c(=O)[nH]1)C(=O)Nc1cc(Cl)ccc1Cl. The van der Waals surface area contributed by atoms with E-state index in [0.29, 0.717) is 20.6 Å². The predicted molar refractivity (Wildman–Crippen MR) is 108 cm³/mol. The van der Waals surface area contributed by atoms with Crippen LogP contribution in [-0.2, 0) is 4.79 Å². The van der Waals surface area contributed by atoms with Gasteiger partial charge in [-0.3, -0.25) is 9.59 Å². The molecular formula is C16H11Cl2N3O4S2. The van der Waals surface area contributed by atoms with E-state index in [4.69, 9.17) is 28.3 Å². The first-order valence-corrected chi connectivity index (χ1v) is 9.95. The molecule has 2 aromatic heterocycles. The Morgan fingerprint density at radius 1 is 1.37 bits per heavy atom. The van der Waals surface area contributed by atoms with E-state index in [-0.39, 0.29) is 22.0 Å². The van der Waals surface area contributed by atoms with Gasteiger partial charge >= 0.3 is 5.97 Å². The third-order valence-corrected chi connectivity index (χ3v) is 5.92. The number of aromatic amines is 1. The second-order valence-corrected chi connectivity index (χ2v) is 8.41. The van der Waals surface area contributed by atoms with Gasteiger partial charge in [-0.1, -0.05) is 35.0 Å². The van der Waals surface area contributed by atoms with Crippen LogP contribution >= 0.6 is 46.3 Å². The lowest BCUT2D eigenvalue weighted by molar-refractivity contribution is -0.115. The van der Waals surface area contributed by atoms with E-state index in [2.05, 4.69) is 15.3 Å². The number of fused-ring (bicyclic) bond motifs is 1. The normalized spacial score (nSPS) is 12.1. The van der Waals surface area contributed by atoms with Crippen LogP contribution in [0.3, 0.4) is 0 Å². The highest BCUT2D eigenvalue weighted by molar-refractivity contribution is 8.00. The van der Waals surface area contributed by atoms with Gasteiger partial charge in [0.25, 0.3) is 5.56 Å². The Labute approximate surface area is 170 Å². The maximum atomic E-state index is 12.4. The Hall–Kier alpha value is -2.07. The molecule has 3 rings (SSSR count). The van der Waals surface area contributed by atoms with Crippen molar-refractivity contribution in [2.75, 3.05) is 5.32 Å². The molecule has 0 aliphatic rings. The van der Waals surface area contributed by atoms with Gasteiger partial charge in [0.15, 0.2) is 5.16 Å². The van der Waals surface area contributed by atoms with E-state index in [9.17, 15) is 14.4 Å². The molecule has 140 valence electrons. The molecule has 11 heteroatoms. The number of aromatic carboxylic acids is 1. The lowest BCUT2D eigenvalue weighted by Crippen LogP contribution is -2.23. The van der Waals surface area contributed by atoms with Crippen molar-refractivity contribution in [2.24, 2.45) is 0 Å². The first-order valence-electron chi connectivity index (χ1n) is 7.43. The fourth-order valence-electron chi connectivity index (χ4n) is 2.19. The Morgan fingerprint density at radius 2 is 2.11 bits per heavy atom. The second kappa shape index (κ2) is 7.89. The number of benzene rings is 1. The van der Waals surface area contributed by atoms with Gasteiger partial charge in [0.2, 0.25) is 5.91 Å². The van der Waals surface area contributed by atoms with E-state index in [0.717, 1.165) is 23.1 Å². The number of thiophene rings is 1. The maximum absolute atomic E-state index is 12.4. The number of halogens is 2. The molecule has 1 amide bonds. The number of amides is 1. The first kappa shape index (κ1) is 19.7. The van der Waals surface area contributed by atoms with Crippen LogP contribution in [0.25, 0.3) is 10.2 Å². The molecule has 0 fully saturated rings. The van der Waals surface area contributed by atoms with Gasteiger partial charge in [-0.2, -0.15) is 0 Å². The summed E-state index contributed by atoms with van der Waals surface area (Å²) in [7, 11) is 0. The molecule has 0 saturated heterocycles. The number of thioether (sulfide) groups is 1. The number of nitrogens with one attached hydrogen (secondary N) is 2. The van der Waals surface area contributed by atoms with E-state index in [1.807, 2.05) is 0 Å². The van der Waals surface area contributed by atoms with Crippen LogP contribution in [0, 0.1) is 0 Å². The number of aromatic nitrogens is 2. The Bertz CT molecular complexity index is 1110. The van der Waals surface area contributed by atoms with Crippen LogP contribution < -0.4 is 10.9 Å². The smallest absolute Gasteiger partial charge is 0.337 e. The molecule has 0 aliphatic heterocycles. The van der Waals surface area contributed by atoms with Crippen molar-refractivity contribution in [3.8, 4) is 0 Å². The van der Waals surface area contributed by atoms with Crippen molar-refractivity contribution < 1.29 is 14.7 Å². The molecule has 7 nitrogen and oxygen atoms in total. The number of carboxylic acids is 1. The highest BCUT2D eigenvalue weighted by Gasteiger charge is 2.20. The molecule has 2 heterocycles. The van der Waals surface area contributed by atoms with Crippen LogP contribution in [-0.4, -0.2) is 32.2 Å². The van der Waals surface area contributed by atoms with Crippen LogP contribution in [0.5, 0.6) is 0 Å². The molecule has 0 spiro atoms. The monoisotopic (exact) mass is 443 g/mol. The zero-order valence-electron chi connectivity index (χ0n) is 13.6. The van der Waals surface area contributed by atoms with Gasteiger partial charge in [0.1, 0.15) is 4.83 Å². The molecule has 0 bridgehead atoms. The number of carbonyl (C=O) groups excluding carboxylic acids is 1. The summed E-state index contributed by atoms with van der Waals surface area (Å²) in [4.78, 5) is 42.8. The molecule has 1 unspecified atom stereocenters. The van der Waals surface area contributed by atoms with E-state index in [1.165, 1.54) is 11.4 Å². The minimum Gasteiger partial charge on any atom is -0.478 e. The van der Waals surface area contributed by atoms with Crippen molar-refractivity contribution in [3.63, 3.8) is 0 Å². The standard InChI is InChI=1S/C16H11Cl2N3O4S2/c1-6(12(22)19-10-4-7(17)2-3-9(10)18)27-16-20-13(23)11-8(15(24)25)5-26-14(11)21-16/h2-6H,1H3,(H,19,22)(H,24,25)(H,20,21,23). The summed E-state index contributed by atoms with van der Waals surface area (Å²) in [5.41, 5.74) is -0.281. The highest BCUT2D eigenvalue weighted by atomic mass is 35.5. The fraction of sp³-hybridized carbons (Fsp3) is 0.125. The topological polar surface area (TPSA) is 112 Å². The summed E-state index contributed by atoms with van der Waals surface area (Å²) in [5, 5.41) is 13.6. The highest BCUT2D eigenvalue weighted by Crippen LogP contribution is 2.28. The number of carbonyl (C=O) groups is 2. The van der Waals surface area contributed by atoms with Gasteiger partial charge in [0.05, 0.1) is 26.9 Å². The zero-order chi connectivity index (χ0) is 19.7. The van der Waals surface area contributed by atoms with E-state index in [1.54, 1.807) is 19.1 Å². The van der Waals surface area contributed by atoms with Gasteiger partial charge in [-0.15, -0.1) is 11.3 Å². The van der Waals surface area contributed by atoms with E-state index < -0.39 is 16.8 Å². The maximum Gasteiger partial charge on any atom is 0.337 e. The van der Waals surface area contributed by atoms with Crippen molar-refractivity contribution in [1.29, 1.82) is 0 Å². The van der Waals surface area contributed by atoms with Crippen LogP contribution in [0.1, 0.15) is 17.3 Å². The molecule has 0 aliphatic carbocycles. The zero-order valence-corrected chi connectivity index (χ0v) is 16.7. The third kappa shape index (κ3) is 4.27. The van der Waals surface area contributed by atoms with Crippen LogP contribution in [0.15, 0.2) is 33.5 Å². The predicted octanol–water partition coefficient (Wildman–Crippen LogP) is 4.11. The second-order valence-electron chi connectivity index (χ2n) is 5.38. The molecular weight excluding hydrogens is 433 g/mol. The average molecular weight is 444 g/mol. The molecule has 1 aromatic carbocycles. The number of hydrogen-bond donors (Lipinski definition) is 3. The number of nitrogens with zero attached hydrogens (tertiary/aromatic N) is 1. The summed E-state index contributed by atoms with van der Waals surface area (Å²) >= 11 is 14.0. The quantitative estimate of drug-likeness (QED) is 0.403. The summed E-state index contributed by atoms with van der Waals surface area (Å²) < 4.78 is 0. The van der Waals surface area contributed by atoms with Crippen molar-refractivity contribution in [3.05, 3.63) is 49.5 Å². The molecule has 27 heavy (non-hydrogen) atoms. The number of anilines is 1. The number of carboxylic acid groups (broad SMARTS) is 1. The number of hydrogen-bond acceptors (Lipinski definition) is 6. The van der Waals surface area contributed by atoms with Crippen LogP contribution in [0.2, 0.25) is 10.0 Å². The summed E-state index contributed by atoms with van der Waals surface area (Å²) in [6.45, 7) is 1.64. The Morgan fingerprint density at radius 3 is 2.81 bits per heavy atom. The Kier molecular flexibility index (Phi) is 5.75. The molecule has 3 N–H and O–H groups in total. The molecule has 3 aromatic rings. The first-order chi connectivity index (χ1) is 12.8. The third-order valence-electron chi connectivity index (χ3n) is 3.50. The number of rotatable bonds is 5. The van der Waals surface area contributed by atoms with E-state index >= 15 is 0 Å². The van der Waals surface area contributed by atoms with Crippen LogP contribution in [0.4, 0.5) is 5.69 Å². The molecule has 1 atom stereocenters. The lowest BCUT2D eigenvalue weighted by atomic mass is 10.2. The summed E-state index contributed by atoms with van der Waals surface area (Å²) in [6, 6.07) is 4.71. The summed E-state index contributed by atoms with van der Waals surface area (Å²) in [6.07, 6.45) is 0. The number of H-pyrrole nitrogens is 1.